The van der Waals surface area contributed by atoms with Crippen LogP contribution in [0.25, 0.3) is 0 Å². The molecule has 1 aromatic rings. The Hall–Kier alpha value is -0.390. The minimum absolute atomic E-state index is 0.0824. The monoisotopic (exact) mass is 349 g/mol. The van der Waals surface area contributed by atoms with Gasteiger partial charge in [0.15, 0.2) is 0 Å². The molecule has 0 heterocycles. The number of nitrogens with two attached hydrogens (primary N) is 1. The van der Waals surface area contributed by atoms with E-state index >= 15 is 0 Å². The van der Waals surface area contributed by atoms with E-state index in [-0.39, 0.29) is 12.5 Å². The van der Waals surface area contributed by atoms with Gasteiger partial charge in [-0.2, -0.15) is 0 Å². The predicted molar refractivity (Wildman–Crippen MR) is 70.4 cm³/mol. The van der Waals surface area contributed by atoms with E-state index in [2.05, 4.69) is 31.9 Å². The molecule has 0 aliphatic heterocycles. The normalized spacial score (nSPS) is 12.5. The Labute approximate surface area is 111 Å². The smallest absolute Gasteiger partial charge is 0.303 e. The number of aliphatic carboxylic acids is 1. The third-order valence-corrected chi connectivity index (χ3v) is 3.89. The summed E-state index contributed by atoms with van der Waals surface area (Å²) in [6.07, 6.45) is 0.516. The first kappa shape index (κ1) is 13.7. The molecule has 0 amide bonds. The van der Waals surface area contributed by atoms with Gasteiger partial charge in [-0.05, 0) is 36.6 Å². The van der Waals surface area contributed by atoms with Crippen LogP contribution in [0.1, 0.15) is 30.0 Å². The number of halogens is 2. The molecule has 3 N–H and O–H groups in total. The maximum Gasteiger partial charge on any atom is 0.303 e. The van der Waals surface area contributed by atoms with Crippen LogP contribution in [0.5, 0.6) is 0 Å². The molecule has 0 aliphatic rings. The molecule has 1 aromatic carbocycles. The Balaban J connectivity index is 2.86. The highest BCUT2D eigenvalue weighted by molar-refractivity contribution is 9.11. The molecule has 1 unspecified atom stereocenters. The van der Waals surface area contributed by atoms with Crippen molar-refractivity contribution in [2.24, 2.45) is 5.73 Å². The van der Waals surface area contributed by atoms with Gasteiger partial charge < -0.3 is 10.8 Å². The van der Waals surface area contributed by atoms with Crippen molar-refractivity contribution in [1.29, 1.82) is 0 Å². The number of carboxylic acids is 1. The second-order valence-corrected chi connectivity index (χ2v) is 5.37. The molecule has 0 fully saturated rings. The molecular formula is C11H13Br2NO2. The summed E-state index contributed by atoms with van der Waals surface area (Å²) < 4.78 is 1.91. The van der Waals surface area contributed by atoms with Crippen molar-refractivity contribution >= 4 is 37.8 Å². The SMILES string of the molecule is Cc1cc(Br)c(C(N)CCC(=O)O)cc1Br. The maximum absolute atomic E-state index is 10.5. The van der Waals surface area contributed by atoms with E-state index in [1.165, 1.54) is 0 Å². The molecule has 1 atom stereocenters. The Morgan fingerprint density at radius 1 is 1.44 bits per heavy atom. The summed E-state index contributed by atoms with van der Waals surface area (Å²) in [6, 6.07) is 3.65. The van der Waals surface area contributed by atoms with Crippen LogP contribution < -0.4 is 5.73 Å². The summed E-state index contributed by atoms with van der Waals surface area (Å²) >= 11 is 6.88. The zero-order valence-corrected chi connectivity index (χ0v) is 12.0. The molecular weight excluding hydrogens is 338 g/mol. The van der Waals surface area contributed by atoms with Gasteiger partial charge in [0.2, 0.25) is 0 Å². The highest BCUT2D eigenvalue weighted by Crippen LogP contribution is 2.30. The van der Waals surface area contributed by atoms with E-state index < -0.39 is 5.97 Å². The number of hydrogen-bond donors (Lipinski definition) is 2. The molecule has 16 heavy (non-hydrogen) atoms. The summed E-state index contributed by atoms with van der Waals surface area (Å²) in [5.41, 5.74) is 7.99. The molecule has 0 saturated heterocycles. The van der Waals surface area contributed by atoms with Crippen LogP contribution in [0.4, 0.5) is 0 Å². The zero-order chi connectivity index (χ0) is 12.3. The van der Waals surface area contributed by atoms with E-state index in [1.807, 2.05) is 19.1 Å². The zero-order valence-electron chi connectivity index (χ0n) is 8.84. The fraction of sp³-hybridized carbons (Fsp3) is 0.364. The summed E-state index contributed by atoms with van der Waals surface area (Å²) in [7, 11) is 0. The summed E-state index contributed by atoms with van der Waals surface area (Å²) in [5.74, 6) is -0.822. The molecule has 0 aliphatic carbocycles. The molecule has 0 bridgehead atoms. The molecule has 3 nitrogen and oxygen atoms in total. The van der Waals surface area contributed by atoms with Crippen LogP contribution in [-0.2, 0) is 4.79 Å². The Bertz CT molecular complexity index is 407. The van der Waals surface area contributed by atoms with E-state index in [0.29, 0.717) is 6.42 Å². The van der Waals surface area contributed by atoms with Crippen molar-refractivity contribution in [2.45, 2.75) is 25.8 Å². The average molecular weight is 351 g/mol. The highest BCUT2D eigenvalue weighted by Gasteiger charge is 2.13. The van der Waals surface area contributed by atoms with Gasteiger partial charge >= 0.3 is 5.97 Å². The van der Waals surface area contributed by atoms with Gasteiger partial charge in [-0.15, -0.1) is 0 Å². The molecule has 0 radical (unpaired) electrons. The first-order valence-electron chi connectivity index (χ1n) is 4.84. The Kier molecular flexibility index (Phi) is 4.95. The topological polar surface area (TPSA) is 63.3 Å². The average Bonchev–Trinajstić information content (AvgIpc) is 2.20. The van der Waals surface area contributed by atoms with Crippen LogP contribution in [0, 0.1) is 6.92 Å². The van der Waals surface area contributed by atoms with Crippen LogP contribution in [-0.4, -0.2) is 11.1 Å². The minimum Gasteiger partial charge on any atom is -0.481 e. The highest BCUT2D eigenvalue weighted by atomic mass is 79.9. The fourth-order valence-corrected chi connectivity index (χ4v) is 2.49. The van der Waals surface area contributed by atoms with Crippen molar-refractivity contribution < 1.29 is 9.90 Å². The first-order valence-corrected chi connectivity index (χ1v) is 6.43. The molecule has 1 rings (SSSR count). The molecule has 88 valence electrons. The lowest BCUT2D eigenvalue weighted by Gasteiger charge is -2.14. The number of rotatable bonds is 4. The molecule has 0 spiro atoms. The van der Waals surface area contributed by atoms with Gasteiger partial charge in [-0.3, -0.25) is 4.79 Å². The van der Waals surface area contributed by atoms with Gasteiger partial charge in [0.25, 0.3) is 0 Å². The van der Waals surface area contributed by atoms with Crippen LogP contribution >= 0.6 is 31.9 Å². The third-order valence-electron chi connectivity index (χ3n) is 2.35. The molecule has 0 saturated carbocycles. The quantitative estimate of drug-likeness (QED) is 0.874. The van der Waals surface area contributed by atoms with E-state index in [9.17, 15) is 4.79 Å². The van der Waals surface area contributed by atoms with Crippen molar-refractivity contribution in [3.05, 3.63) is 32.2 Å². The third kappa shape index (κ3) is 3.57. The van der Waals surface area contributed by atoms with Crippen molar-refractivity contribution in [3.8, 4) is 0 Å². The predicted octanol–water partition coefficient (Wildman–Crippen LogP) is 3.38. The lowest BCUT2D eigenvalue weighted by Crippen LogP contribution is -2.13. The maximum atomic E-state index is 10.5. The van der Waals surface area contributed by atoms with Crippen molar-refractivity contribution in [2.75, 3.05) is 0 Å². The number of aryl methyl sites for hydroxylation is 1. The van der Waals surface area contributed by atoms with Gasteiger partial charge in [0.1, 0.15) is 0 Å². The first-order chi connectivity index (χ1) is 7.41. The van der Waals surface area contributed by atoms with E-state index in [4.69, 9.17) is 10.8 Å². The Morgan fingerprint density at radius 3 is 2.62 bits per heavy atom. The van der Waals surface area contributed by atoms with Gasteiger partial charge in [0.05, 0.1) is 0 Å². The number of carboxylic acid groups (broad SMARTS) is 1. The van der Waals surface area contributed by atoms with Crippen LogP contribution in [0.2, 0.25) is 0 Å². The van der Waals surface area contributed by atoms with Gasteiger partial charge in [-0.25, -0.2) is 0 Å². The fourth-order valence-electron chi connectivity index (χ4n) is 1.38. The van der Waals surface area contributed by atoms with Crippen LogP contribution in [0.3, 0.4) is 0 Å². The lowest BCUT2D eigenvalue weighted by molar-refractivity contribution is -0.137. The number of carbonyl (C=O) groups is 1. The van der Waals surface area contributed by atoms with Crippen molar-refractivity contribution in [3.63, 3.8) is 0 Å². The number of benzene rings is 1. The van der Waals surface area contributed by atoms with E-state index in [1.54, 1.807) is 0 Å². The summed E-state index contributed by atoms with van der Waals surface area (Å²) in [4.78, 5) is 10.5. The molecule has 0 aromatic heterocycles. The van der Waals surface area contributed by atoms with Gasteiger partial charge in [-0.1, -0.05) is 31.9 Å². The summed E-state index contributed by atoms with van der Waals surface area (Å²) in [6.45, 7) is 1.99. The van der Waals surface area contributed by atoms with Crippen LogP contribution in [0.15, 0.2) is 21.1 Å². The standard InChI is InChI=1S/C11H13Br2NO2/c1-6-4-9(13)7(5-8(6)12)10(14)2-3-11(15)16/h4-5,10H,2-3,14H2,1H3,(H,15,16). The lowest BCUT2D eigenvalue weighted by atomic mass is 10.0. The second-order valence-electron chi connectivity index (χ2n) is 3.66. The second kappa shape index (κ2) is 5.80. The number of hydrogen-bond acceptors (Lipinski definition) is 2. The Morgan fingerprint density at radius 2 is 2.06 bits per heavy atom. The summed E-state index contributed by atoms with van der Waals surface area (Å²) in [5, 5.41) is 8.60. The van der Waals surface area contributed by atoms with Crippen molar-refractivity contribution in [1.82, 2.24) is 0 Å². The van der Waals surface area contributed by atoms with E-state index in [0.717, 1.165) is 20.1 Å². The van der Waals surface area contributed by atoms with Gasteiger partial charge in [0, 0.05) is 21.4 Å². The minimum atomic E-state index is -0.822. The largest absolute Gasteiger partial charge is 0.481 e. The molecule has 5 heteroatoms.